The number of aliphatic hydroxyl groups excluding tert-OH is 1. The molecular weight excluding hydrogens is 216 g/mol. The lowest BCUT2D eigenvalue weighted by atomic mass is 10.3. The Morgan fingerprint density at radius 3 is 2.87 bits per heavy atom. The second-order valence-corrected chi connectivity index (χ2v) is 4.60. The van der Waals surface area contributed by atoms with Gasteiger partial charge < -0.3 is 14.9 Å². The Bertz CT molecular complexity index is 343. The Kier molecular flexibility index (Phi) is 4.11. The number of carbonyl (C=O) groups is 1. The molecule has 0 bridgehead atoms. The fraction of sp³-hybridized carbons (Fsp3) is 0.500. The molecule has 0 saturated carbocycles. The monoisotopic (exact) mass is 230 g/mol. The van der Waals surface area contributed by atoms with E-state index in [4.69, 9.17) is 14.9 Å². The van der Waals surface area contributed by atoms with Crippen LogP contribution in [0.1, 0.15) is 27.9 Å². The van der Waals surface area contributed by atoms with Crippen molar-refractivity contribution >= 4 is 17.3 Å². The Morgan fingerprint density at radius 2 is 2.33 bits per heavy atom. The molecule has 0 radical (unpaired) electrons. The Labute approximate surface area is 92.1 Å². The van der Waals surface area contributed by atoms with Gasteiger partial charge in [-0.1, -0.05) is 0 Å². The summed E-state index contributed by atoms with van der Waals surface area (Å²) >= 11 is 1.19. The standard InChI is InChI=1S/C10H14O4S/c1-6(11)3-4-14-8-5-7(2)15-9(8)10(12)13/h5-6,11H,3-4H2,1-2H3,(H,12,13). The summed E-state index contributed by atoms with van der Waals surface area (Å²) in [5.74, 6) is -0.578. The van der Waals surface area contributed by atoms with Gasteiger partial charge in [-0.25, -0.2) is 4.79 Å². The van der Waals surface area contributed by atoms with E-state index in [2.05, 4.69) is 0 Å². The van der Waals surface area contributed by atoms with Crippen molar-refractivity contribution in [3.05, 3.63) is 15.8 Å². The molecule has 1 aromatic rings. The highest BCUT2D eigenvalue weighted by Crippen LogP contribution is 2.28. The zero-order chi connectivity index (χ0) is 11.4. The van der Waals surface area contributed by atoms with E-state index >= 15 is 0 Å². The SMILES string of the molecule is Cc1cc(OCCC(C)O)c(C(=O)O)s1. The summed E-state index contributed by atoms with van der Waals surface area (Å²) in [6.45, 7) is 3.83. The number of hydrogen-bond acceptors (Lipinski definition) is 4. The van der Waals surface area contributed by atoms with Gasteiger partial charge in [0.25, 0.3) is 0 Å². The average molecular weight is 230 g/mol. The van der Waals surface area contributed by atoms with E-state index in [0.717, 1.165) is 4.88 Å². The zero-order valence-electron chi connectivity index (χ0n) is 8.69. The van der Waals surface area contributed by atoms with Gasteiger partial charge in [0.1, 0.15) is 5.75 Å². The van der Waals surface area contributed by atoms with Gasteiger partial charge in [0.15, 0.2) is 4.88 Å². The first kappa shape index (κ1) is 12.0. The van der Waals surface area contributed by atoms with Crippen LogP contribution in [-0.4, -0.2) is 28.9 Å². The molecule has 4 nitrogen and oxygen atoms in total. The lowest BCUT2D eigenvalue weighted by Crippen LogP contribution is -2.08. The minimum Gasteiger partial charge on any atom is -0.492 e. The van der Waals surface area contributed by atoms with Crippen LogP contribution in [0.4, 0.5) is 0 Å². The lowest BCUT2D eigenvalue weighted by Gasteiger charge is -2.06. The number of aliphatic hydroxyl groups is 1. The number of carboxylic acids is 1. The van der Waals surface area contributed by atoms with Gasteiger partial charge in [-0.15, -0.1) is 11.3 Å². The van der Waals surface area contributed by atoms with E-state index in [1.165, 1.54) is 11.3 Å². The van der Waals surface area contributed by atoms with Gasteiger partial charge in [0.2, 0.25) is 0 Å². The van der Waals surface area contributed by atoms with Crippen molar-refractivity contribution in [2.75, 3.05) is 6.61 Å². The summed E-state index contributed by atoms with van der Waals surface area (Å²) in [5.41, 5.74) is 0. The maximum Gasteiger partial charge on any atom is 0.349 e. The number of hydrogen-bond donors (Lipinski definition) is 2. The fourth-order valence-corrected chi connectivity index (χ4v) is 1.88. The molecule has 0 spiro atoms. The van der Waals surface area contributed by atoms with E-state index in [1.54, 1.807) is 13.0 Å². The summed E-state index contributed by atoms with van der Waals surface area (Å²) in [6.07, 6.45) is 0.0616. The predicted octanol–water partition coefficient (Wildman–Crippen LogP) is 1.90. The van der Waals surface area contributed by atoms with Crippen molar-refractivity contribution in [1.82, 2.24) is 0 Å². The topological polar surface area (TPSA) is 66.8 Å². The summed E-state index contributed by atoms with van der Waals surface area (Å²) < 4.78 is 5.30. The summed E-state index contributed by atoms with van der Waals surface area (Å²) in [7, 11) is 0. The van der Waals surface area contributed by atoms with E-state index in [9.17, 15) is 4.79 Å². The van der Waals surface area contributed by atoms with Crippen LogP contribution in [0, 0.1) is 6.92 Å². The maximum atomic E-state index is 10.8. The minimum absolute atomic E-state index is 0.220. The molecular formula is C10H14O4S. The van der Waals surface area contributed by atoms with Crippen molar-refractivity contribution in [3.8, 4) is 5.75 Å². The molecule has 0 aliphatic rings. The molecule has 0 aliphatic carbocycles. The summed E-state index contributed by atoms with van der Waals surface area (Å²) in [4.78, 5) is 11.9. The van der Waals surface area contributed by atoms with Gasteiger partial charge in [0.05, 0.1) is 12.7 Å². The van der Waals surface area contributed by atoms with Gasteiger partial charge in [-0.05, 0) is 19.9 Å². The smallest absolute Gasteiger partial charge is 0.349 e. The normalized spacial score (nSPS) is 12.5. The van der Waals surface area contributed by atoms with Gasteiger partial charge in [-0.3, -0.25) is 0 Å². The molecule has 0 aromatic carbocycles. The zero-order valence-corrected chi connectivity index (χ0v) is 9.50. The van der Waals surface area contributed by atoms with Crippen molar-refractivity contribution in [1.29, 1.82) is 0 Å². The van der Waals surface area contributed by atoms with Crippen LogP contribution in [0.2, 0.25) is 0 Å². The number of aryl methyl sites for hydroxylation is 1. The molecule has 2 N–H and O–H groups in total. The van der Waals surface area contributed by atoms with Crippen LogP contribution in [-0.2, 0) is 0 Å². The average Bonchev–Trinajstić information content (AvgIpc) is 2.46. The molecule has 5 heteroatoms. The maximum absolute atomic E-state index is 10.8. The molecule has 1 atom stereocenters. The minimum atomic E-state index is -0.972. The molecule has 0 amide bonds. The molecule has 84 valence electrons. The molecule has 1 unspecified atom stereocenters. The van der Waals surface area contributed by atoms with Crippen molar-refractivity contribution < 1.29 is 19.7 Å². The highest BCUT2D eigenvalue weighted by atomic mass is 32.1. The second-order valence-electron chi connectivity index (χ2n) is 3.34. The van der Waals surface area contributed by atoms with Crippen LogP contribution in [0.5, 0.6) is 5.75 Å². The second kappa shape index (κ2) is 5.14. The Balaban J connectivity index is 2.63. The molecule has 0 saturated heterocycles. The first-order chi connectivity index (χ1) is 7.00. The molecule has 1 rings (SSSR count). The number of ether oxygens (including phenoxy) is 1. The van der Waals surface area contributed by atoms with Crippen LogP contribution in [0.25, 0.3) is 0 Å². The van der Waals surface area contributed by atoms with Crippen molar-refractivity contribution in [3.63, 3.8) is 0 Å². The highest BCUT2D eigenvalue weighted by Gasteiger charge is 2.15. The number of rotatable bonds is 5. The van der Waals surface area contributed by atoms with E-state index in [1.807, 2.05) is 6.92 Å². The number of carboxylic acid groups (broad SMARTS) is 1. The highest BCUT2D eigenvalue weighted by molar-refractivity contribution is 7.14. The van der Waals surface area contributed by atoms with Crippen molar-refractivity contribution in [2.45, 2.75) is 26.4 Å². The molecule has 1 aromatic heterocycles. The van der Waals surface area contributed by atoms with Crippen LogP contribution < -0.4 is 4.74 Å². The number of thiophene rings is 1. The van der Waals surface area contributed by atoms with Crippen LogP contribution >= 0.6 is 11.3 Å². The number of aromatic carboxylic acids is 1. The predicted molar refractivity (Wildman–Crippen MR) is 57.8 cm³/mol. The fourth-order valence-electron chi connectivity index (χ4n) is 1.09. The Morgan fingerprint density at radius 1 is 1.67 bits per heavy atom. The van der Waals surface area contributed by atoms with Gasteiger partial charge in [0, 0.05) is 11.3 Å². The Hall–Kier alpha value is -1.07. The van der Waals surface area contributed by atoms with Gasteiger partial charge in [-0.2, -0.15) is 0 Å². The first-order valence-corrected chi connectivity index (χ1v) is 5.47. The lowest BCUT2D eigenvalue weighted by molar-refractivity contribution is 0.0697. The molecule has 0 aliphatic heterocycles. The van der Waals surface area contributed by atoms with E-state index in [0.29, 0.717) is 18.8 Å². The largest absolute Gasteiger partial charge is 0.492 e. The summed E-state index contributed by atoms with van der Waals surface area (Å²) in [5, 5.41) is 17.9. The third-order valence-corrected chi connectivity index (χ3v) is 2.83. The first-order valence-electron chi connectivity index (χ1n) is 4.65. The molecule has 1 heterocycles. The molecule has 0 fully saturated rings. The van der Waals surface area contributed by atoms with Crippen LogP contribution in [0.3, 0.4) is 0 Å². The third kappa shape index (κ3) is 3.53. The third-order valence-electron chi connectivity index (χ3n) is 1.81. The van der Waals surface area contributed by atoms with Crippen molar-refractivity contribution in [2.24, 2.45) is 0 Å². The molecule has 15 heavy (non-hydrogen) atoms. The quantitative estimate of drug-likeness (QED) is 0.810. The van der Waals surface area contributed by atoms with E-state index in [-0.39, 0.29) is 4.88 Å². The summed E-state index contributed by atoms with van der Waals surface area (Å²) in [6, 6.07) is 1.70. The van der Waals surface area contributed by atoms with Crippen LogP contribution in [0.15, 0.2) is 6.07 Å². The van der Waals surface area contributed by atoms with E-state index < -0.39 is 12.1 Å². The van der Waals surface area contributed by atoms with Gasteiger partial charge >= 0.3 is 5.97 Å².